The van der Waals surface area contributed by atoms with Gasteiger partial charge >= 0.3 is 0 Å². The number of anilines is 1. The lowest BCUT2D eigenvalue weighted by Crippen LogP contribution is -2.51. The van der Waals surface area contributed by atoms with Gasteiger partial charge in [0.25, 0.3) is 0 Å². The number of amides is 2. The summed E-state index contributed by atoms with van der Waals surface area (Å²) < 4.78 is 35.7. The molecule has 356 valence electrons. The number of ether oxygens (including phenoxy) is 3. The minimum atomic E-state index is -0.224. The van der Waals surface area contributed by atoms with Crippen molar-refractivity contribution in [3.8, 4) is 17.2 Å². The number of benzene rings is 4. The van der Waals surface area contributed by atoms with E-state index in [1.807, 2.05) is 44.4 Å². The number of halogens is 2. The van der Waals surface area contributed by atoms with E-state index in [-0.39, 0.29) is 46.2 Å². The third kappa shape index (κ3) is 9.82. The Bertz CT molecular complexity index is 2440. The fourth-order valence-electron chi connectivity index (χ4n) is 11.9. The summed E-state index contributed by atoms with van der Waals surface area (Å²) in [5.41, 5.74) is 7.27. The van der Waals surface area contributed by atoms with Gasteiger partial charge in [0.2, 0.25) is 11.8 Å². The standard InChI is InChI=1S/C49H57ClFN3O5.C5H7NO2/c1-52(2)28-39-40(29-55)42(50)25-41-47(39)58-31-48(41)15-19-53(20-16-48)27-32-13-14-49(59-30-32)17-21-54(22-18-49)44-26-45(57-3)38(24-43(44)51)46-36(33-7-5-4-6-8-33)11-9-34-23-35(56)10-12-37(34)46;7-4-2-1-3-5(8)6-4/h4-8,10,12,23-26,29,32,36,46,56H,9,11,13-22,27-28,30-31H2,1-3H3;1-3H2,(H,6,7,8). The predicted molar refractivity (Wildman–Crippen MR) is 257 cm³/mol. The van der Waals surface area contributed by atoms with Crippen LogP contribution in [-0.2, 0) is 32.7 Å². The van der Waals surface area contributed by atoms with Crippen molar-refractivity contribution >= 4 is 35.4 Å². The lowest BCUT2D eigenvalue weighted by atomic mass is 9.69. The van der Waals surface area contributed by atoms with E-state index in [1.165, 1.54) is 11.1 Å². The highest BCUT2D eigenvalue weighted by atomic mass is 35.5. The van der Waals surface area contributed by atoms with Gasteiger partial charge in [0.15, 0.2) is 6.29 Å². The van der Waals surface area contributed by atoms with E-state index >= 15 is 4.39 Å². The van der Waals surface area contributed by atoms with E-state index in [1.54, 1.807) is 19.2 Å². The third-order valence-electron chi connectivity index (χ3n) is 15.5. The van der Waals surface area contributed by atoms with Gasteiger partial charge in [-0.2, -0.15) is 0 Å². The van der Waals surface area contributed by atoms with Crippen LogP contribution in [-0.4, -0.2) is 106 Å². The number of nitrogens with one attached hydrogen (secondary N) is 1. The first-order valence-electron chi connectivity index (χ1n) is 24.1. The molecule has 3 unspecified atom stereocenters. The van der Waals surface area contributed by atoms with Gasteiger partial charge in [-0.3, -0.25) is 19.7 Å². The second kappa shape index (κ2) is 19.9. The number of carbonyl (C=O) groups excluding carboxylic acids is 3. The number of hydrogen-bond donors (Lipinski definition) is 2. The Labute approximate surface area is 398 Å². The van der Waals surface area contributed by atoms with Crippen LogP contribution in [0.1, 0.15) is 120 Å². The SMILES string of the molecule is COc1cc(N2CCC3(CCC(CN4CCC5(CC4)COc4c5cc(Cl)c(C=O)c4CN(C)C)CO3)CC2)c(F)cc1C1c2ccc(O)cc2CCC1c1ccccc1.O=C1CCCC(=O)N1. The summed E-state index contributed by atoms with van der Waals surface area (Å²) in [7, 11) is 5.68. The van der Waals surface area contributed by atoms with E-state index < -0.39 is 0 Å². The summed E-state index contributed by atoms with van der Waals surface area (Å²) in [4.78, 5) is 39.5. The van der Waals surface area contributed by atoms with Crippen molar-refractivity contribution in [1.82, 2.24) is 15.1 Å². The van der Waals surface area contributed by atoms with Crippen LogP contribution in [0.4, 0.5) is 10.1 Å². The summed E-state index contributed by atoms with van der Waals surface area (Å²) in [6.45, 7) is 6.48. The lowest BCUT2D eigenvalue weighted by molar-refractivity contribution is -0.133. The zero-order valence-electron chi connectivity index (χ0n) is 39.1. The molecular weight excluding hydrogens is 871 g/mol. The number of hydrogen-bond acceptors (Lipinski definition) is 10. The number of piperidine rings is 3. The van der Waals surface area contributed by atoms with Gasteiger partial charge in [-0.1, -0.05) is 48.0 Å². The van der Waals surface area contributed by atoms with Crippen LogP contribution in [0.2, 0.25) is 5.02 Å². The van der Waals surface area contributed by atoms with Crippen molar-refractivity contribution in [3.63, 3.8) is 0 Å². The minimum absolute atomic E-state index is 0.0698. The zero-order valence-corrected chi connectivity index (χ0v) is 39.8. The topological polar surface area (TPSA) is 121 Å². The highest BCUT2D eigenvalue weighted by Gasteiger charge is 2.46. The molecular formula is C54H64ClFN4O7. The largest absolute Gasteiger partial charge is 0.508 e. The highest BCUT2D eigenvalue weighted by Crippen LogP contribution is 2.52. The number of fused-ring (bicyclic) bond motifs is 3. The number of aldehydes is 1. The Kier molecular flexibility index (Phi) is 14.0. The average Bonchev–Trinajstić information content (AvgIpc) is 3.67. The number of methoxy groups -OCH3 is 1. The first-order valence-corrected chi connectivity index (χ1v) is 24.5. The molecule has 10 rings (SSSR count). The number of imide groups is 1. The Morgan fingerprint density at radius 3 is 2.31 bits per heavy atom. The number of aromatic hydroxyl groups is 1. The summed E-state index contributed by atoms with van der Waals surface area (Å²) in [5, 5.41) is 13.0. The van der Waals surface area contributed by atoms with Crippen molar-refractivity contribution in [2.75, 3.05) is 72.0 Å². The second-order valence-electron chi connectivity index (χ2n) is 20.0. The summed E-state index contributed by atoms with van der Waals surface area (Å²) in [6, 6.07) is 21.7. The van der Waals surface area contributed by atoms with E-state index in [9.17, 15) is 19.5 Å². The molecule has 4 aromatic carbocycles. The molecule has 0 aromatic heterocycles. The van der Waals surface area contributed by atoms with Crippen LogP contribution in [0, 0.1) is 11.7 Å². The highest BCUT2D eigenvalue weighted by molar-refractivity contribution is 6.33. The molecule has 6 aliphatic rings. The molecule has 67 heavy (non-hydrogen) atoms. The normalized spacial score (nSPS) is 23.2. The molecule has 13 heteroatoms. The maximum Gasteiger partial charge on any atom is 0.226 e. The molecule has 5 aliphatic heterocycles. The first kappa shape index (κ1) is 47.1. The first-order chi connectivity index (χ1) is 32.4. The van der Waals surface area contributed by atoms with Crippen LogP contribution in [0.3, 0.4) is 0 Å². The molecule has 2 N–H and O–H groups in total. The molecule has 3 atom stereocenters. The summed E-state index contributed by atoms with van der Waals surface area (Å²) in [6.07, 6.45) is 10.2. The maximum absolute atomic E-state index is 16.5. The van der Waals surface area contributed by atoms with Crippen molar-refractivity contribution in [3.05, 3.63) is 117 Å². The number of phenols is 1. The smallest absolute Gasteiger partial charge is 0.226 e. The molecule has 5 heterocycles. The van der Waals surface area contributed by atoms with Crippen molar-refractivity contribution in [2.24, 2.45) is 5.92 Å². The molecule has 0 bridgehead atoms. The van der Waals surface area contributed by atoms with Gasteiger partial charge in [-0.15, -0.1) is 0 Å². The average molecular weight is 936 g/mol. The molecule has 4 aromatic rings. The third-order valence-corrected chi connectivity index (χ3v) is 15.9. The van der Waals surface area contributed by atoms with Crippen LogP contribution < -0.4 is 19.7 Å². The maximum atomic E-state index is 16.5. The lowest BCUT2D eigenvalue weighted by Gasteiger charge is -2.47. The molecule has 0 radical (unpaired) electrons. The van der Waals surface area contributed by atoms with Gasteiger partial charge in [-0.05, 0) is 138 Å². The van der Waals surface area contributed by atoms with Crippen LogP contribution in [0.5, 0.6) is 17.2 Å². The van der Waals surface area contributed by atoms with Gasteiger partial charge in [0.1, 0.15) is 23.1 Å². The number of nitrogens with zero attached hydrogens (tertiary/aromatic N) is 3. The number of phenolic OH excluding ortho intramolecular Hbond substituents is 1. The van der Waals surface area contributed by atoms with Gasteiger partial charge in [-0.25, -0.2) is 4.39 Å². The molecule has 0 saturated carbocycles. The van der Waals surface area contributed by atoms with Crippen molar-refractivity contribution in [1.29, 1.82) is 0 Å². The second-order valence-corrected chi connectivity index (χ2v) is 20.4. The van der Waals surface area contributed by atoms with E-state index in [4.69, 9.17) is 25.8 Å². The Morgan fingerprint density at radius 1 is 0.925 bits per heavy atom. The molecule has 11 nitrogen and oxygen atoms in total. The van der Waals surface area contributed by atoms with E-state index in [2.05, 4.69) is 44.3 Å². The Balaban J connectivity index is 0.000000638. The Morgan fingerprint density at radius 2 is 1.67 bits per heavy atom. The summed E-state index contributed by atoms with van der Waals surface area (Å²) >= 11 is 6.69. The number of likely N-dealkylation sites (tertiary alicyclic amines) is 1. The van der Waals surface area contributed by atoms with Crippen LogP contribution in [0.15, 0.2) is 66.7 Å². The monoisotopic (exact) mass is 934 g/mol. The number of carbonyl (C=O) groups is 3. The van der Waals surface area contributed by atoms with Crippen LogP contribution in [0.25, 0.3) is 0 Å². The van der Waals surface area contributed by atoms with Gasteiger partial charge < -0.3 is 34.0 Å². The quantitative estimate of drug-likeness (QED) is 0.124. The molecule has 1 aliphatic carbocycles. The Hall–Kier alpha value is -5.01. The predicted octanol–water partition coefficient (Wildman–Crippen LogP) is 8.93. The number of aryl methyl sites for hydroxylation is 1. The minimum Gasteiger partial charge on any atom is -0.508 e. The van der Waals surface area contributed by atoms with Crippen LogP contribution >= 0.6 is 11.6 Å². The fraction of sp³-hybridized carbons (Fsp3) is 0.500. The van der Waals surface area contributed by atoms with Gasteiger partial charge in [0, 0.05) is 78.7 Å². The van der Waals surface area contributed by atoms with E-state index in [0.29, 0.717) is 60.4 Å². The summed E-state index contributed by atoms with van der Waals surface area (Å²) in [5.74, 6) is 1.85. The zero-order chi connectivity index (χ0) is 46.9. The molecule has 4 saturated heterocycles. The number of rotatable bonds is 9. The van der Waals surface area contributed by atoms with E-state index in [0.717, 1.165) is 125 Å². The fourth-order valence-corrected chi connectivity index (χ4v) is 12.1. The molecule has 4 fully saturated rings. The molecule has 2 spiro atoms. The van der Waals surface area contributed by atoms with Gasteiger partial charge in [0.05, 0.1) is 36.6 Å². The molecule has 2 amide bonds. The van der Waals surface area contributed by atoms with Crippen molar-refractivity contribution in [2.45, 2.75) is 100 Å². The van der Waals surface area contributed by atoms with Crippen molar-refractivity contribution < 1.29 is 38.1 Å².